The molecule has 0 saturated heterocycles. The zero-order valence-electron chi connectivity index (χ0n) is 14.6. The first-order chi connectivity index (χ1) is 13.3. The Morgan fingerprint density at radius 3 is 2.67 bits per heavy atom. The summed E-state index contributed by atoms with van der Waals surface area (Å²) in [7, 11) is 1.65. The number of ether oxygens (including phenoxy) is 1. The molecule has 0 atom stereocenters. The van der Waals surface area contributed by atoms with Crippen molar-refractivity contribution in [3.8, 4) is 11.4 Å². The molecular weight excluding hydrogens is 378 g/mol. The van der Waals surface area contributed by atoms with Crippen LogP contribution in [0.3, 0.4) is 0 Å². The van der Waals surface area contributed by atoms with E-state index in [1.54, 1.807) is 34.9 Å². The van der Waals surface area contributed by atoms with Crippen molar-refractivity contribution in [1.82, 2.24) is 25.2 Å². The number of thioether (sulfide) groups is 1. The Morgan fingerprint density at radius 2 is 1.89 bits per heavy atom. The summed E-state index contributed by atoms with van der Waals surface area (Å²) < 4.78 is 6.92. The molecule has 27 heavy (non-hydrogen) atoms. The van der Waals surface area contributed by atoms with Crippen molar-refractivity contribution in [3.63, 3.8) is 0 Å². The van der Waals surface area contributed by atoms with E-state index in [-0.39, 0.29) is 0 Å². The third-order valence-electron chi connectivity index (χ3n) is 3.90. The summed E-state index contributed by atoms with van der Waals surface area (Å²) >= 11 is 3.26. The van der Waals surface area contributed by atoms with Gasteiger partial charge in [0.2, 0.25) is 5.16 Å². The lowest BCUT2D eigenvalue weighted by Crippen LogP contribution is -1.99. The maximum atomic E-state index is 5.19. The van der Waals surface area contributed by atoms with Gasteiger partial charge in [0.05, 0.1) is 23.5 Å². The number of nitrogens with zero attached hydrogens (tertiary/aromatic N) is 5. The largest absolute Gasteiger partial charge is 0.497 e. The summed E-state index contributed by atoms with van der Waals surface area (Å²) in [5.41, 5.74) is 3.21. The molecule has 4 aromatic rings. The van der Waals surface area contributed by atoms with Crippen LogP contribution in [0.2, 0.25) is 0 Å². The van der Waals surface area contributed by atoms with Gasteiger partial charge in [-0.25, -0.2) is 4.98 Å². The van der Waals surface area contributed by atoms with Crippen molar-refractivity contribution in [2.75, 3.05) is 7.11 Å². The van der Waals surface area contributed by atoms with E-state index in [1.165, 1.54) is 5.56 Å². The summed E-state index contributed by atoms with van der Waals surface area (Å²) in [5.74, 6) is 1.52. The molecule has 4 rings (SSSR count). The van der Waals surface area contributed by atoms with Crippen molar-refractivity contribution >= 4 is 23.1 Å². The van der Waals surface area contributed by atoms with Gasteiger partial charge < -0.3 is 4.74 Å². The molecule has 0 bridgehead atoms. The highest BCUT2D eigenvalue weighted by atomic mass is 32.2. The average molecular weight is 396 g/mol. The van der Waals surface area contributed by atoms with E-state index in [0.29, 0.717) is 0 Å². The molecule has 0 saturated carbocycles. The molecule has 0 unspecified atom stereocenters. The molecule has 0 amide bonds. The van der Waals surface area contributed by atoms with E-state index in [2.05, 4.69) is 45.2 Å². The topological polar surface area (TPSA) is 65.7 Å². The third-order valence-corrected chi connectivity index (χ3v) is 5.76. The molecule has 0 aliphatic rings. The number of thiazole rings is 1. The summed E-state index contributed by atoms with van der Waals surface area (Å²) in [6.07, 6.45) is 0.861. The molecule has 0 N–H and O–H groups in total. The number of aromatic nitrogens is 5. The van der Waals surface area contributed by atoms with Crippen LogP contribution in [0.25, 0.3) is 5.69 Å². The second-order valence-corrected chi connectivity index (χ2v) is 7.64. The Bertz CT molecular complexity index is 998. The third kappa shape index (κ3) is 4.35. The van der Waals surface area contributed by atoms with Crippen molar-refractivity contribution < 1.29 is 4.74 Å². The van der Waals surface area contributed by atoms with Gasteiger partial charge in [-0.3, -0.25) is 0 Å². The van der Waals surface area contributed by atoms with Gasteiger partial charge in [0, 0.05) is 17.6 Å². The Kier molecular flexibility index (Phi) is 5.45. The maximum Gasteiger partial charge on any atom is 0.214 e. The van der Waals surface area contributed by atoms with Crippen LogP contribution in [0.1, 0.15) is 16.3 Å². The lowest BCUT2D eigenvalue weighted by Gasteiger charge is -2.05. The van der Waals surface area contributed by atoms with Gasteiger partial charge in [0.25, 0.3) is 0 Å². The van der Waals surface area contributed by atoms with E-state index in [9.17, 15) is 0 Å². The maximum absolute atomic E-state index is 5.19. The zero-order chi connectivity index (χ0) is 18.5. The quantitative estimate of drug-likeness (QED) is 0.441. The molecule has 0 fully saturated rings. The summed E-state index contributed by atoms with van der Waals surface area (Å²) in [4.78, 5) is 4.73. The SMILES string of the molecule is COc1ccc(-n2nnnc2SCc2csc(Cc3ccccc3)n2)cc1. The predicted molar refractivity (Wildman–Crippen MR) is 107 cm³/mol. The number of methoxy groups -OCH3 is 1. The molecule has 0 spiro atoms. The molecule has 8 heteroatoms. The van der Waals surface area contributed by atoms with Crippen LogP contribution in [-0.2, 0) is 12.2 Å². The van der Waals surface area contributed by atoms with Gasteiger partial charge in [-0.15, -0.1) is 16.4 Å². The standard InChI is InChI=1S/C19H17N5OS2/c1-25-17-9-7-16(8-10-17)24-19(21-22-23-24)27-13-15-12-26-18(20-15)11-14-5-3-2-4-6-14/h2-10,12H,11,13H2,1H3. The van der Waals surface area contributed by atoms with Crippen LogP contribution in [0.15, 0.2) is 65.1 Å². The number of rotatable bonds is 7. The van der Waals surface area contributed by atoms with Crippen molar-refractivity contribution in [1.29, 1.82) is 0 Å². The Labute approximate surface area is 165 Å². The van der Waals surface area contributed by atoms with Crippen LogP contribution in [-0.4, -0.2) is 32.3 Å². The van der Waals surface area contributed by atoms with Crippen LogP contribution in [0.5, 0.6) is 5.75 Å². The van der Waals surface area contributed by atoms with Crippen molar-refractivity contribution in [2.24, 2.45) is 0 Å². The second kappa shape index (κ2) is 8.32. The molecular formula is C19H17N5OS2. The number of benzene rings is 2. The number of hydrogen-bond donors (Lipinski definition) is 0. The summed E-state index contributed by atoms with van der Waals surface area (Å²) in [5, 5.41) is 16.0. The van der Waals surface area contributed by atoms with Crippen LogP contribution >= 0.6 is 23.1 Å². The Hall–Kier alpha value is -2.71. The lowest BCUT2D eigenvalue weighted by molar-refractivity contribution is 0.414. The monoisotopic (exact) mass is 395 g/mol. The lowest BCUT2D eigenvalue weighted by atomic mass is 10.2. The first-order valence-corrected chi connectivity index (χ1v) is 10.2. The fraction of sp³-hybridized carbons (Fsp3) is 0.158. The molecule has 0 radical (unpaired) electrons. The minimum absolute atomic E-state index is 0.724. The fourth-order valence-electron chi connectivity index (χ4n) is 2.56. The van der Waals surface area contributed by atoms with Crippen molar-refractivity contribution in [3.05, 3.63) is 76.2 Å². The van der Waals surface area contributed by atoms with Gasteiger partial charge >= 0.3 is 0 Å². The van der Waals surface area contributed by atoms with E-state index < -0.39 is 0 Å². The summed E-state index contributed by atoms with van der Waals surface area (Å²) in [6.45, 7) is 0. The first kappa shape index (κ1) is 17.7. The summed E-state index contributed by atoms with van der Waals surface area (Å²) in [6, 6.07) is 18.0. The van der Waals surface area contributed by atoms with Crippen LogP contribution in [0, 0.1) is 0 Å². The average Bonchev–Trinajstić information content (AvgIpc) is 3.36. The highest BCUT2D eigenvalue weighted by Gasteiger charge is 2.11. The van der Waals surface area contributed by atoms with Crippen LogP contribution in [0.4, 0.5) is 0 Å². The van der Waals surface area contributed by atoms with Crippen LogP contribution < -0.4 is 4.74 Å². The minimum atomic E-state index is 0.724. The zero-order valence-corrected chi connectivity index (χ0v) is 16.3. The van der Waals surface area contributed by atoms with E-state index in [1.807, 2.05) is 30.3 Å². The van der Waals surface area contributed by atoms with Gasteiger partial charge in [-0.1, -0.05) is 42.1 Å². The minimum Gasteiger partial charge on any atom is -0.497 e. The van der Waals surface area contributed by atoms with E-state index in [0.717, 1.165) is 39.5 Å². The van der Waals surface area contributed by atoms with Gasteiger partial charge in [-0.2, -0.15) is 4.68 Å². The molecule has 0 aliphatic carbocycles. The smallest absolute Gasteiger partial charge is 0.214 e. The van der Waals surface area contributed by atoms with Gasteiger partial charge in [0.1, 0.15) is 5.75 Å². The van der Waals surface area contributed by atoms with Gasteiger partial charge in [0.15, 0.2) is 0 Å². The molecule has 0 aliphatic heterocycles. The number of tetrazole rings is 1. The second-order valence-electron chi connectivity index (χ2n) is 5.75. The Morgan fingerprint density at radius 1 is 1.07 bits per heavy atom. The molecule has 2 aromatic heterocycles. The van der Waals surface area contributed by atoms with Gasteiger partial charge in [-0.05, 0) is 40.3 Å². The first-order valence-electron chi connectivity index (χ1n) is 8.34. The van der Waals surface area contributed by atoms with E-state index in [4.69, 9.17) is 9.72 Å². The fourth-order valence-corrected chi connectivity index (χ4v) is 4.28. The van der Waals surface area contributed by atoms with E-state index >= 15 is 0 Å². The molecule has 6 nitrogen and oxygen atoms in total. The highest BCUT2D eigenvalue weighted by Crippen LogP contribution is 2.25. The predicted octanol–water partition coefficient (Wildman–Crippen LogP) is 4.01. The Balaban J connectivity index is 1.42. The number of hydrogen-bond acceptors (Lipinski definition) is 7. The molecule has 2 heterocycles. The molecule has 136 valence electrons. The van der Waals surface area contributed by atoms with Crippen molar-refractivity contribution in [2.45, 2.75) is 17.3 Å². The molecule has 2 aromatic carbocycles. The highest BCUT2D eigenvalue weighted by molar-refractivity contribution is 7.98. The normalized spacial score (nSPS) is 10.9.